The van der Waals surface area contributed by atoms with E-state index in [1.54, 1.807) is 11.3 Å². The minimum atomic E-state index is -0.0901. The van der Waals surface area contributed by atoms with Gasteiger partial charge in [0.15, 0.2) is 0 Å². The number of rotatable bonds is 5. The highest BCUT2D eigenvalue weighted by Crippen LogP contribution is 2.53. The summed E-state index contributed by atoms with van der Waals surface area (Å²) >= 11 is 1.80. The van der Waals surface area contributed by atoms with Gasteiger partial charge in [-0.05, 0) is 80.6 Å². The van der Waals surface area contributed by atoms with E-state index in [4.69, 9.17) is 4.98 Å². The van der Waals surface area contributed by atoms with Crippen LogP contribution in [0.5, 0.6) is 0 Å². The van der Waals surface area contributed by atoms with Gasteiger partial charge < -0.3 is 4.90 Å². The molecule has 0 atom stereocenters. The third-order valence-electron chi connectivity index (χ3n) is 10.4. The van der Waals surface area contributed by atoms with Crippen molar-refractivity contribution in [3.05, 3.63) is 169 Å². The van der Waals surface area contributed by atoms with Crippen LogP contribution in [0, 0.1) is 0 Å². The van der Waals surface area contributed by atoms with Gasteiger partial charge in [0.1, 0.15) is 5.01 Å². The van der Waals surface area contributed by atoms with Crippen molar-refractivity contribution in [1.82, 2.24) is 4.98 Å². The SMILES string of the molecule is CC1(C)c2ccccc2-c2ccc(N(c3ccc(-c4ccccc4)cc3)c3cccc(-c4nc5c(s4)-c4cccc6cccc-5c46)c3)cc21. The van der Waals surface area contributed by atoms with Crippen molar-refractivity contribution in [3.8, 4) is 54.5 Å². The number of hydrogen-bond donors (Lipinski definition) is 0. The van der Waals surface area contributed by atoms with Gasteiger partial charge >= 0.3 is 0 Å². The van der Waals surface area contributed by atoms with E-state index in [1.807, 2.05) is 0 Å². The highest BCUT2D eigenvalue weighted by molar-refractivity contribution is 7.19. The molecule has 1 aromatic heterocycles. The van der Waals surface area contributed by atoms with E-state index in [2.05, 4.69) is 176 Å². The van der Waals surface area contributed by atoms with E-state index >= 15 is 0 Å². The first-order valence-electron chi connectivity index (χ1n) is 16.9. The molecule has 3 heteroatoms. The van der Waals surface area contributed by atoms with Crippen molar-refractivity contribution in [2.75, 3.05) is 4.90 Å². The Hall–Kier alpha value is -5.77. The van der Waals surface area contributed by atoms with Gasteiger partial charge in [-0.2, -0.15) is 0 Å². The predicted molar refractivity (Wildman–Crippen MR) is 207 cm³/mol. The summed E-state index contributed by atoms with van der Waals surface area (Å²) in [5.41, 5.74) is 15.9. The summed E-state index contributed by atoms with van der Waals surface area (Å²) < 4.78 is 0. The van der Waals surface area contributed by atoms with Gasteiger partial charge in [0.2, 0.25) is 0 Å². The molecule has 2 aliphatic carbocycles. The molecule has 0 amide bonds. The van der Waals surface area contributed by atoms with Crippen LogP contribution in [0.4, 0.5) is 17.1 Å². The molecular weight excluding hydrogens is 613 g/mol. The Morgan fingerprint density at radius 2 is 1.12 bits per heavy atom. The van der Waals surface area contributed by atoms with Crippen LogP contribution in [0.3, 0.4) is 0 Å². The second kappa shape index (κ2) is 10.6. The van der Waals surface area contributed by atoms with Crippen LogP contribution in [0.25, 0.3) is 65.3 Å². The quantitative estimate of drug-likeness (QED) is 0.185. The van der Waals surface area contributed by atoms with Gasteiger partial charge in [0, 0.05) is 39.2 Å². The van der Waals surface area contributed by atoms with Crippen LogP contribution >= 0.6 is 11.3 Å². The Bertz CT molecular complexity index is 2520. The summed E-state index contributed by atoms with van der Waals surface area (Å²) in [5, 5.41) is 3.65. The van der Waals surface area contributed by atoms with Crippen molar-refractivity contribution in [2.45, 2.75) is 19.3 Å². The Morgan fingerprint density at radius 1 is 0.490 bits per heavy atom. The van der Waals surface area contributed by atoms with E-state index in [0.717, 1.165) is 33.3 Å². The molecule has 7 aromatic carbocycles. The van der Waals surface area contributed by atoms with Crippen LogP contribution in [0.15, 0.2) is 158 Å². The fourth-order valence-electron chi connectivity index (χ4n) is 8.03. The summed E-state index contributed by atoms with van der Waals surface area (Å²) in [6, 6.07) is 57.5. The zero-order valence-corrected chi connectivity index (χ0v) is 28.1. The summed E-state index contributed by atoms with van der Waals surface area (Å²) in [4.78, 5) is 8.94. The number of anilines is 3. The largest absolute Gasteiger partial charge is 0.310 e. The summed E-state index contributed by atoms with van der Waals surface area (Å²) in [5.74, 6) is 0. The van der Waals surface area contributed by atoms with Crippen molar-refractivity contribution in [1.29, 1.82) is 0 Å². The average molecular weight is 645 g/mol. The summed E-state index contributed by atoms with van der Waals surface area (Å²) in [6.07, 6.45) is 0. The molecule has 0 spiro atoms. The second-order valence-electron chi connectivity index (χ2n) is 13.6. The number of benzene rings is 7. The fraction of sp³-hybridized carbons (Fsp3) is 0.0652. The van der Waals surface area contributed by atoms with Gasteiger partial charge in [-0.1, -0.05) is 135 Å². The van der Waals surface area contributed by atoms with Crippen LogP contribution in [-0.4, -0.2) is 4.98 Å². The van der Waals surface area contributed by atoms with Gasteiger partial charge in [0.05, 0.1) is 10.6 Å². The van der Waals surface area contributed by atoms with Gasteiger partial charge in [-0.25, -0.2) is 4.98 Å². The molecule has 0 fully saturated rings. The molecule has 49 heavy (non-hydrogen) atoms. The standard InChI is InChI=1S/C46H32N2S/c1-46(2)40-20-7-6-17-36(40)37-26-25-35(28-41(37)46)48(33-23-21-30(22-24-33)29-11-4-3-5-12-29)34-16-8-15-32(27-34)45-47-43-38-18-9-13-31-14-10-19-39(42(31)38)44(43)49-45/h3-28H,1-2H3. The maximum atomic E-state index is 5.28. The molecule has 232 valence electrons. The monoisotopic (exact) mass is 644 g/mol. The van der Waals surface area contributed by atoms with Gasteiger partial charge in [0.25, 0.3) is 0 Å². The molecule has 0 N–H and O–H groups in total. The lowest BCUT2D eigenvalue weighted by molar-refractivity contribution is 0.660. The number of thiazole rings is 1. The van der Waals surface area contributed by atoms with E-state index in [1.165, 1.54) is 60.2 Å². The lowest BCUT2D eigenvalue weighted by Crippen LogP contribution is -2.16. The van der Waals surface area contributed by atoms with Crippen LogP contribution in [0.2, 0.25) is 0 Å². The molecule has 2 nitrogen and oxygen atoms in total. The molecule has 0 saturated carbocycles. The third-order valence-corrected chi connectivity index (χ3v) is 11.6. The molecule has 0 radical (unpaired) electrons. The molecule has 0 bridgehead atoms. The number of aromatic nitrogens is 1. The molecule has 0 saturated heterocycles. The Kier molecular flexibility index (Phi) is 6.12. The predicted octanol–water partition coefficient (Wildman–Crippen LogP) is 13.1. The Labute approximate surface area is 290 Å². The number of fused-ring (bicyclic) bond motifs is 6. The van der Waals surface area contributed by atoms with Crippen molar-refractivity contribution in [2.24, 2.45) is 0 Å². The van der Waals surface area contributed by atoms with E-state index in [9.17, 15) is 0 Å². The molecule has 0 aliphatic heterocycles. The smallest absolute Gasteiger partial charge is 0.124 e. The highest BCUT2D eigenvalue weighted by Gasteiger charge is 2.36. The Balaban J connectivity index is 1.10. The lowest BCUT2D eigenvalue weighted by Gasteiger charge is -2.28. The first kappa shape index (κ1) is 28.3. The van der Waals surface area contributed by atoms with Crippen molar-refractivity contribution in [3.63, 3.8) is 0 Å². The minimum Gasteiger partial charge on any atom is -0.310 e. The van der Waals surface area contributed by atoms with E-state index in [-0.39, 0.29) is 5.41 Å². The minimum absolute atomic E-state index is 0.0901. The fourth-order valence-corrected chi connectivity index (χ4v) is 9.13. The normalized spacial score (nSPS) is 13.3. The first-order valence-corrected chi connectivity index (χ1v) is 17.7. The van der Waals surface area contributed by atoms with Gasteiger partial charge in [-0.3, -0.25) is 0 Å². The Morgan fingerprint density at radius 3 is 1.96 bits per heavy atom. The van der Waals surface area contributed by atoms with E-state index < -0.39 is 0 Å². The van der Waals surface area contributed by atoms with Crippen LogP contribution in [0.1, 0.15) is 25.0 Å². The van der Waals surface area contributed by atoms with E-state index in [0.29, 0.717) is 0 Å². The molecule has 1 heterocycles. The molecule has 2 aliphatic rings. The third kappa shape index (κ3) is 4.29. The molecule has 10 rings (SSSR count). The molecule has 0 unspecified atom stereocenters. The van der Waals surface area contributed by atoms with Crippen molar-refractivity contribution >= 4 is 39.2 Å². The van der Waals surface area contributed by atoms with Crippen LogP contribution < -0.4 is 4.90 Å². The summed E-state index contributed by atoms with van der Waals surface area (Å²) in [6.45, 7) is 4.70. The molecular formula is C46H32N2S. The average Bonchev–Trinajstić information content (AvgIpc) is 3.79. The number of hydrogen-bond acceptors (Lipinski definition) is 3. The zero-order valence-electron chi connectivity index (χ0n) is 27.3. The topological polar surface area (TPSA) is 16.1 Å². The first-order chi connectivity index (χ1) is 24.0. The van der Waals surface area contributed by atoms with Gasteiger partial charge in [-0.15, -0.1) is 11.3 Å². The second-order valence-corrected chi connectivity index (χ2v) is 14.6. The molecule has 8 aromatic rings. The maximum absolute atomic E-state index is 5.28. The highest BCUT2D eigenvalue weighted by atomic mass is 32.1. The number of nitrogens with zero attached hydrogens (tertiary/aromatic N) is 2. The van der Waals surface area contributed by atoms with Crippen LogP contribution in [-0.2, 0) is 5.41 Å². The lowest BCUT2D eigenvalue weighted by atomic mass is 9.82. The van der Waals surface area contributed by atoms with Crippen molar-refractivity contribution < 1.29 is 0 Å². The summed E-state index contributed by atoms with van der Waals surface area (Å²) in [7, 11) is 0. The maximum Gasteiger partial charge on any atom is 0.124 e. The zero-order chi connectivity index (χ0) is 32.7.